The van der Waals surface area contributed by atoms with Gasteiger partial charge in [-0.3, -0.25) is 4.79 Å². The van der Waals surface area contributed by atoms with E-state index < -0.39 is 27.7 Å². The first-order valence-corrected chi connectivity index (χ1v) is 10.1. The molecule has 0 aromatic heterocycles. The molecule has 0 atom stereocenters. The van der Waals surface area contributed by atoms with E-state index >= 15 is 0 Å². The Bertz CT molecular complexity index is 948. The van der Waals surface area contributed by atoms with Crippen LogP contribution in [0.15, 0.2) is 51.8 Å². The lowest BCUT2D eigenvalue weighted by Gasteiger charge is -2.12. The van der Waals surface area contributed by atoms with Crippen molar-refractivity contribution in [1.29, 1.82) is 0 Å². The van der Waals surface area contributed by atoms with Gasteiger partial charge in [-0.1, -0.05) is 15.9 Å². The number of methoxy groups -OCH3 is 1. The maximum absolute atomic E-state index is 12.9. The maximum Gasteiger partial charge on any atom is 0.417 e. The van der Waals surface area contributed by atoms with Crippen molar-refractivity contribution in [2.45, 2.75) is 11.1 Å². The van der Waals surface area contributed by atoms with Gasteiger partial charge in [0.25, 0.3) is 5.91 Å². The zero-order chi connectivity index (χ0) is 20.9. The first-order valence-electron chi connectivity index (χ1n) is 7.81. The topological polar surface area (TPSA) is 84.5 Å². The van der Waals surface area contributed by atoms with Crippen molar-refractivity contribution in [3.8, 4) is 0 Å². The molecule has 0 saturated carbocycles. The fourth-order valence-corrected chi connectivity index (χ4v) is 3.65. The molecule has 11 heteroatoms. The highest BCUT2D eigenvalue weighted by Gasteiger charge is 2.33. The SMILES string of the molecule is COCCNS(=O)(=O)c1ccc(C(=O)Nc2ccc(Br)c(C(F)(F)F)c2)cc1. The van der Waals surface area contributed by atoms with Crippen LogP contribution in [0.4, 0.5) is 18.9 Å². The summed E-state index contributed by atoms with van der Waals surface area (Å²) in [4.78, 5) is 12.2. The number of hydrogen-bond acceptors (Lipinski definition) is 4. The van der Waals surface area contributed by atoms with E-state index in [2.05, 4.69) is 26.0 Å². The number of ether oxygens (including phenoxy) is 1. The van der Waals surface area contributed by atoms with Crippen molar-refractivity contribution in [3.63, 3.8) is 0 Å². The number of halogens is 4. The van der Waals surface area contributed by atoms with Gasteiger partial charge in [0.1, 0.15) is 0 Å². The summed E-state index contributed by atoms with van der Waals surface area (Å²) in [5, 5.41) is 2.36. The van der Waals surface area contributed by atoms with E-state index in [1.807, 2.05) is 0 Å². The van der Waals surface area contributed by atoms with Crippen molar-refractivity contribution >= 4 is 37.5 Å². The zero-order valence-corrected chi connectivity index (χ0v) is 16.9. The molecule has 0 unspecified atom stereocenters. The third-order valence-corrected chi connectivity index (χ3v) is 5.72. The highest BCUT2D eigenvalue weighted by molar-refractivity contribution is 9.10. The minimum absolute atomic E-state index is 0.0431. The molecule has 0 aliphatic heterocycles. The number of alkyl halides is 3. The summed E-state index contributed by atoms with van der Waals surface area (Å²) in [7, 11) is -2.32. The zero-order valence-electron chi connectivity index (χ0n) is 14.5. The second kappa shape index (κ2) is 9.03. The van der Waals surface area contributed by atoms with E-state index in [1.54, 1.807) is 0 Å². The van der Waals surface area contributed by atoms with Gasteiger partial charge in [0.15, 0.2) is 0 Å². The van der Waals surface area contributed by atoms with E-state index in [9.17, 15) is 26.4 Å². The number of carbonyl (C=O) groups is 1. The van der Waals surface area contributed by atoms with Gasteiger partial charge in [0.2, 0.25) is 10.0 Å². The van der Waals surface area contributed by atoms with Gasteiger partial charge in [-0.15, -0.1) is 0 Å². The Labute approximate surface area is 168 Å². The third kappa shape index (κ3) is 5.77. The van der Waals surface area contributed by atoms with Crippen LogP contribution in [0.1, 0.15) is 15.9 Å². The molecule has 0 fully saturated rings. The third-order valence-electron chi connectivity index (χ3n) is 3.55. The Morgan fingerprint density at radius 1 is 1.14 bits per heavy atom. The van der Waals surface area contributed by atoms with Gasteiger partial charge >= 0.3 is 6.18 Å². The van der Waals surface area contributed by atoms with Crippen LogP contribution >= 0.6 is 15.9 Å². The minimum Gasteiger partial charge on any atom is -0.383 e. The van der Waals surface area contributed by atoms with Crippen LogP contribution in [0.5, 0.6) is 0 Å². The molecule has 0 aliphatic carbocycles. The molecule has 0 radical (unpaired) electrons. The number of carbonyl (C=O) groups excluding carboxylic acids is 1. The number of benzene rings is 2. The Morgan fingerprint density at radius 3 is 2.36 bits per heavy atom. The summed E-state index contributed by atoms with van der Waals surface area (Å²) in [6.45, 7) is 0.291. The van der Waals surface area contributed by atoms with Gasteiger partial charge < -0.3 is 10.1 Å². The predicted molar refractivity (Wildman–Crippen MR) is 101 cm³/mol. The first-order chi connectivity index (χ1) is 13.0. The van der Waals surface area contributed by atoms with Crippen LogP contribution < -0.4 is 10.0 Å². The van der Waals surface area contributed by atoms with E-state index in [-0.39, 0.29) is 33.8 Å². The van der Waals surface area contributed by atoms with Crippen LogP contribution in [0.25, 0.3) is 0 Å². The van der Waals surface area contributed by atoms with Gasteiger partial charge in [0, 0.05) is 29.4 Å². The summed E-state index contributed by atoms with van der Waals surface area (Å²) in [5.74, 6) is -0.674. The second-order valence-corrected chi connectivity index (χ2v) is 8.18. The number of hydrogen-bond donors (Lipinski definition) is 2. The highest BCUT2D eigenvalue weighted by Crippen LogP contribution is 2.36. The number of sulfonamides is 1. The summed E-state index contributed by atoms with van der Waals surface area (Å²) in [6, 6.07) is 8.29. The Morgan fingerprint density at radius 2 is 1.79 bits per heavy atom. The largest absolute Gasteiger partial charge is 0.417 e. The van der Waals surface area contributed by atoms with Crippen molar-refractivity contribution in [2.24, 2.45) is 0 Å². The average molecular weight is 481 g/mol. The Hall–Kier alpha value is -1.95. The molecular weight excluding hydrogens is 465 g/mol. The quantitative estimate of drug-likeness (QED) is 0.592. The molecule has 28 heavy (non-hydrogen) atoms. The Balaban J connectivity index is 2.14. The molecule has 2 N–H and O–H groups in total. The summed E-state index contributed by atoms with van der Waals surface area (Å²) >= 11 is 2.82. The lowest BCUT2D eigenvalue weighted by molar-refractivity contribution is -0.138. The fraction of sp³-hybridized carbons (Fsp3) is 0.235. The molecule has 152 valence electrons. The molecule has 1 amide bonds. The lowest BCUT2D eigenvalue weighted by Crippen LogP contribution is -2.27. The molecule has 2 aromatic carbocycles. The summed E-state index contributed by atoms with van der Waals surface area (Å²) < 4.78 is 69.9. The highest BCUT2D eigenvalue weighted by atomic mass is 79.9. The molecule has 2 aromatic rings. The molecule has 6 nitrogen and oxygen atoms in total. The number of amides is 1. The first kappa shape index (κ1) is 22.3. The van der Waals surface area contributed by atoms with E-state index in [1.165, 1.54) is 43.5 Å². The second-order valence-electron chi connectivity index (χ2n) is 5.56. The van der Waals surface area contributed by atoms with Crippen LogP contribution in [0.2, 0.25) is 0 Å². The van der Waals surface area contributed by atoms with Gasteiger partial charge in [-0.25, -0.2) is 13.1 Å². The Kier molecular flexibility index (Phi) is 7.21. The van der Waals surface area contributed by atoms with Crippen LogP contribution in [0, 0.1) is 0 Å². The fourth-order valence-electron chi connectivity index (χ4n) is 2.17. The van der Waals surface area contributed by atoms with E-state index in [0.29, 0.717) is 0 Å². The maximum atomic E-state index is 12.9. The molecule has 0 aliphatic rings. The molecule has 0 bridgehead atoms. The molecule has 0 heterocycles. The number of rotatable bonds is 7. The van der Waals surface area contributed by atoms with Crippen molar-refractivity contribution < 1.29 is 31.1 Å². The average Bonchev–Trinajstić information content (AvgIpc) is 2.62. The van der Waals surface area contributed by atoms with Crippen molar-refractivity contribution in [3.05, 3.63) is 58.1 Å². The molecule has 2 rings (SSSR count). The van der Waals surface area contributed by atoms with Gasteiger partial charge in [-0.2, -0.15) is 13.2 Å². The van der Waals surface area contributed by atoms with Gasteiger partial charge in [0.05, 0.1) is 17.1 Å². The monoisotopic (exact) mass is 480 g/mol. The van der Waals surface area contributed by atoms with E-state index in [0.717, 1.165) is 6.07 Å². The number of anilines is 1. The van der Waals surface area contributed by atoms with Crippen LogP contribution in [-0.2, 0) is 20.9 Å². The smallest absolute Gasteiger partial charge is 0.383 e. The van der Waals surface area contributed by atoms with Gasteiger partial charge in [-0.05, 0) is 42.5 Å². The van der Waals surface area contributed by atoms with Crippen molar-refractivity contribution in [1.82, 2.24) is 4.72 Å². The minimum atomic E-state index is -4.58. The van der Waals surface area contributed by atoms with Crippen LogP contribution in [-0.4, -0.2) is 34.6 Å². The van der Waals surface area contributed by atoms with Crippen molar-refractivity contribution in [2.75, 3.05) is 25.6 Å². The summed E-state index contributed by atoms with van der Waals surface area (Å²) in [5.41, 5.74) is -0.875. The predicted octanol–water partition coefficient (Wildman–Crippen LogP) is 3.64. The van der Waals surface area contributed by atoms with Crippen LogP contribution in [0.3, 0.4) is 0 Å². The normalized spacial score (nSPS) is 12.0. The van der Waals surface area contributed by atoms with E-state index in [4.69, 9.17) is 4.74 Å². The molecular formula is C17H16BrF3N2O4S. The number of nitrogens with one attached hydrogen (secondary N) is 2. The molecule has 0 spiro atoms. The summed E-state index contributed by atoms with van der Waals surface area (Å²) in [6.07, 6.45) is -4.58. The molecule has 0 saturated heterocycles. The lowest BCUT2D eigenvalue weighted by atomic mass is 10.1. The standard InChI is InChI=1S/C17H16BrF3N2O4S/c1-27-9-8-22-28(25,26)13-5-2-11(3-6-13)16(24)23-12-4-7-15(18)14(10-12)17(19,20)21/h2-7,10,22H,8-9H2,1H3,(H,23,24).